The van der Waals surface area contributed by atoms with E-state index in [-0.39, 0.29) is 0 Å². The number of rotatable bonds is 4. The van der Waals surface area contributed by atoms with E-state index >= 15 is 0 Å². The molecule has 0 spiro atoms. The SMILES string of the molecule is CC(C)NCc1ccc(Br)cc1N1CCOCC1. The molecule has 1 heterocycles. The average molecular weight is 313 g/mol. The maximum atomic E-state index is 5.42. The first-order chi connectivity index (χ1) is 8.66. The lowest BCUT2D eigenvalue weighted by atomic mass is 10.1. The van der Waals surface area contributed by atoms with E-state index in [1.54, 1.807) is 0 Å². The van der Waals surface area contributed by atoms with Crippen molar-refractivity contribution in [1.82, 2.24) is 5.32 Å². The molecule has 4 heteroatoms. The summed E-state index contributed by atoms with van der Waals surface area (Å²) < 4.78 is 6.56. The van der Waals surface area contributed by atoms with Crippen molar-refractivity contribution in [1.29, 1.82) is 0 Å². The highest BCUT2D eigenvalue weighted by Gasteiger charge is 2.15. The summed E-state index contributed by atoms with van der Waals surface area (Å²) in [5, 5.41) is 3.49. The summed E-state index contributed by atoms with van der Waals surface area (Å²) in [6, 6.07) is 7.03. The minimum Gasteiger partial charge on any atom is -0.378 e. The molecule has 1 aromatic rings. The van der Waals surface area contributed by atoms with E-state index in [1.807, 2.05) is 0 Å². The Hall–Kier alpha value is -0.580. The summed E-state index contributed by atoms with van der Waals surface area (Å²) in [6.07, 6.45) is 0. The summed E-state index contributed by atoms with van der Waals surface area (Å²) >= 11 is 3.56. The van der Waals surface area contributed by atoms with Gasteiger partial charge in [0, 0.05) is 35.8 Å². The lowest BCUT2D eigenvalue weighted by Crippen LogP contribution is -2.37. The van der Waals surface area contributed by atoms with Crippen molar-refractivity contribution in [3.8, 4) is 0 Å². The number of nitrogens with zero attached hydrogens (tertiary/aromatic N) is 1. The first-order valence-corrected chi connectivity index (χ1v) is 7.30. The number of anilines is 1. The van der Waals surface area contributed by atoms with Gasteiger partial charge in [0.25, 0.3) is 0 Å². The van der Waals surface area contributed by atoms with Gasteiger partial charge < -0.3 is 15.0 Å². The molecule has 0 aromatic heterocycles. The molecule has 0 bridgehead atoms. The monoisotopic (exact) mass is 312 g/mol. The largest absolute Gasteiger partial charge is 0.378 e. The van der Waals surface area contributed by atoms with Crippen molar-refractivity contribution in [3.05, 3.63) is 28.2 Å². The first-order valence-electron chi connectivity index (χ1n) is 6.51. The highest BCUT2D eigenvalue weighted by atomic mass is 79.9. The van der Waals surface area contributed by atoms with Crippen LogP contribution in [0.4, 0.5) is 5.69 Å². The van der Waals surface area contributed by atoms with E-state index in [0.717, 1.165) is 37.3 Å². The van der Waals surface area contributed by atoms with Gasteiger partial charge in [0.2, 0.25) is 0 Å². The zero-order chi connectivity index (χ0) is 13.0. The van der Waals surface area contributed by atoms with E-state index < -0.39 is 0 Å². The predicted molar refractivity (Wildman–Crippen MR) is 79.1 cm³/mol. The fraction of sp³-hybridized carbons (Fsp3) is 0.571. The van der Waals surface area contributed by atoms with E-state index in [1.165, 1.54) is 11.3 Å². The maximum Gasteiger partial charge on any atom is 0.0642 e. The Labute approximate surface area is 118 Å². The van der Waals surface area contributed by atoms with Gasteiger partial charge >= 0.3 is 0 Å². The van der Waals surface area contributed by atoms with Crippen molar-refractivity contribution >= 4 is 21.6 Å². The smallest absolute Gasteiger partial charge is 0.0642 e. The summed E-state index contributed by atoms with van der Waals surface area (Å²) in [6.45, 7) is 8.86. The Balaban J connectivity index is 2.16. The molecule has 2 rings (SSSR count). The molecule has 100 valence electrons. The molecule has 1 N–H and O–H groups in total. The van der Waals surface area contributed by atoms with Crippen molar-refractivity contribution in [2.45, 2.75) is 26.4 Å². The Bertz CT molecular complexity index is 389. The quantitative estimate of drug-likeness (QED) is 0.925. The van der Waals surface area contributed by atoms with E-state index in [0.29, 0.717) is 6.04 Å². The minimum absolute atomic E-state index is 0.506. The van der Waals surface area contributed by atoms with Gasteiger partial charge in [-0.05, 0) is 17.7 Å². The van der Waals surface area contributed by atoms with Gasteiger partial charge in [0.05, 0.1) is 13.2 Å². The molecule has 0 atom stereocenters. The van der Waals surface area contributed by atoms with Crippen LogP contribution in [-0.2, 0) is 11.3 Å². The molecule has 1 saturated heterocycles. The van der Waals surface area contributed by atoms with Crippen LogP contribution in [0.2, 0.25) is 0 Å². The molecule has 0 unspecified atom stereocenters. The first kappa shape index (κ1) is 13.8. The van der Waals surface area contributed by atoms with Crippen molar-refractivity contribution in [2.75, 3.05) is 31.2 Å². The molecule has 1 aliphatic heterocycles. The second-order valence-electron chi connectivity index (χ2n) is 4.91. The predicted octanol–water partition coefficient (Wildman–Crippen LogP) is 2.78. The zero-order valence-corrected chi connectivity index (χ0v) is 12.7. The fourth-order valence-corrected chi connectivity index (χ4v) is 2.45. The number of ether oxygens (including phenoxy) is 1. The van der Waals surface area contributed by atoms with Crippen LogP contribution in [0.1, 0.15) is 19.4 Å². The number of halogens is 1. The van der Waals surface area contributed by atoms with E-state index in [9.17, 15) is 0 Å². The van der Waals surface area contributed by atoms with Crippen LogP contribution < -0.4 is 10.2 Å². The van der Waals surface area contributed by atoms with Gasteiger partial charge in [0.15, 0.2) is 0 Å². The van der Waals surface area contributed by atoms with Gasteiger partial charge in [-0.25, -0.2) is 0 Å². The molecule has 0 radical (unpaired) electrons. The standard InChI is InChI=1S/C14H21BrN2O/c1-11(2)16-10-12-3-4-13(15)9-14(12)17-5-7-18-8-6-17/h3-4,9,11,16H,5-8,10H2,1-2H3. The Morgan fingerprint density at radius 2 is 2.06 bits per heavy atom. The molecule has 1 fully saturated rings. The van der Waals surface area contributed by atoms with Gasteiger partial charge in [-0.3, -0.25) is 0 Å². The molecule has 0 saturated carbocycles. The van der Waals surface area contributed by atoms with Crippen LogP contribution >= 0.6 is 15.9 Å². The van der Waals surface area contributed by atoms with E-state index in [4.69, 9.17) is 4.74 Å². The van der Waals surface area contributed by atoms with Crippen LogP contribution in [0.25, 0.3) is 0 Å². The molecular formula is C14H21BrN2O. The Morgan fingerprint density at radius 1 is 1.33 bits per heavy atom. The number of hydrogen-bond donors (Lipinski definition) is 1. The summed E-state index contributed by atoms with van der Waals surface area (Å²) in [4.78, 5) is 2.41. The van der Waals surface area contributed by atoms with E-state index in [2.05, 4.69) is 58.2 Å². The molecule has 18 heavy (non-hydrogen) atoms. The maximum absolute atomic E-state index is 5.42. The molecule has 3 nitrogen and oxygen atoms in total. The number of hydrogen-bond acceptors (Lipinski definition) is 3. The summed E-state index contributed by atoms with van der Waals surface area (Å²) in [7, 11) is 0. The second kappa shape index (κ2) is 6.55. The Morgan fingerprint density at radius 3 is 2.72 bits per heavy atom. The molecule has 0 aliphatic carbocycles. The van der Waals surface area contributed by atoms with Crippen molar-refractivity contribution in [3.63, 3.8) is 0 Å². The third-order valence-corrected chi connectivity index (χ3v) is 3.59. The highest BCUT2D eigenvalue weighted by molar-refractivity contribution is 9.10. The fourth-order valence-electron chi connectivity index (χ4n) is 2.10. The van der Waals surface area contributed by atoms with Crippen LogP contribution in [-0.4, -0.2) is 32.3 Å². The molecule has 1 aromatic carbocycles. The Kier molecular flexibility index (Phi) is 5.03. The van der Waals surface area contributed by atoms with Crippen LogP contribution in [0, 0.1) is 0 Å². The normalized spacial score (nSPS) is 16.3. The van der Waals surface area contributed by atoms with Gasteiger partial charge in [0.1, 0.15) is 0 Å². The number of nitrogens with one attached hydrogen (secondary N) is 1. The topological polar surface area (TPSA) is 24.5 Å². The van der Waals surface area contributed by atoms with Crippen LogP contribution in [0.3, 0.4) is 0 Å². The molecule has 1 aliphatic rings. The van der Waals surface area contributed by atoms with Gasteiger partial charge in [-0.1, -0.05) is 35.8 Å². The number of morpholine rings is 1. The summed E-state index contributed by atoms with van der Waals surface area (Å²) in [5.74, 6) is 0. The van der Waals surface area contributed by atoms with Crippen LogP contribution in [0.15, 0.2) is 22.7 Å². The molecule has 0 amide bonds. The molecular weight excluding hydrogens is 292 g/mol. The lowest BCUT2D eigenvalue weighted by molar-refractivity contribution is 0.122. The average Bonchev–Trinajstić information content (AvgIpc) is 2.38. The zero-order valence-electron chi connectivity index (χ0n) is 11.1. The minimum atomic E-state index is 0.506. The number of benzene rings is 1. The van der Waals surface area contributed by atoms with Crippen molar-refractivity contribution in [2.24, 2.45) is 0 Å². The lowest BCUT2D eigenvalue weighted by Gasteiger charge is -2.31. The van der Waals surface area contributed by atoms with Gasteiger partial charge in [-0.2, -0.15) is 0 Å². The van der Waals surface area contributed by atoms with Gasteiger partial charge in [-0.15, -0.1) is 0 Å². The summed E-state index contributed by atoms with van der Waals surface area (Å²) in [5.41, 5.74) is 2.68. The van der Waals surface area contributed by atoms with Crippen LogP contribution in [0.5, 0.6) is 0 Å². The highest BCUT2D eigenvalue weighted by Crippen LogP contribution is 2.26. The third kappa shape index (κ3) is 3.70. The third-order valence-electron chi connectivity index (χ3n) is 3.10. The second-order valence-corrected chi connectivity index (χ2v) is 5.82. The van der Waals surface area contributed by atoms with Crippen molar-refractivity contribution < 1.29 is 4.74 Å².